The molecule has 2 aromatic rings. The van der Waals surface area contributed by atoms with Crippen LogP contribution >= 0.6 is 0 Å². The lowest BCUT2D eigenvalue weighted by Gasteiger charge is -2.22. The molecule has 0 aliphatic carbocycles. The Morgan fingerprint density at radius 1 is 1.32 bits per heavy atom. The number of hydrogen-bond acceptors (Lipinski definition) is 5. The van der Waals surface area contributed by atoms with Crippen LogP contribution in [0.1, 0.15) is 24.4 Å². The number of non-ortho nitro benzene ring substituents is 1. The first-order valence-corrected chi connectivity index (χ1v) is 7.97. The van der Waals surface area contributed by atoms with Gasteiger partial charge in [-0.25, -0.2) is 0 Å². The Hall–Kier alpha value is -3.00. The van der Waals surface area contributed by atoms with Crippen LogP contribution in [-0.2, 0) is 9.53 Å². The van der Waals surface area contributed by atoms with Crippen LogP contribution in [0, 0.1) is 10.1 Å². The molecule has 0 spiro atoms. The number of nitrogens with zero attached hydrogens (tertiary/aromatic N) is 3. The Bertz CT molecular complexity index is 776. The molecule has 1 aromatic heterocycles. The number of anilines is 1. The molecule has 0 saturated carbocycles. The number of carbonyl (C=O) groups excluding carboxylic acids is 1. The average Bonchev–Trinajstić information content (AvgIpc) is 3.09. The summed E-state index contributed by atoms with van der Waals surface area (Å²) in [4.78, 5) is 22.1. The fraction of sp³-hybridized carbons (Fsp3) is 0.294. The maximum atomic E-state index is 12.0. The molecule has 1 aromatic carbocycles. The van der Waals surface area contributed by atoms with Crippen LogP contribution in [0.4, 0.5) is 11.4 Å². The van der Waals surface area contributed by atoms with Crippen molar-refractivity contribution in [3.05, 3.63) is 58.4 Å². The van der Waals surface area contributed by atoms with Gasteiger partial charge in [0, 0.05) is 37.6 Å². The van der Waals surface area contributed by atoms with Gasteiger partial charge in [-0.3, -0.25) is 19.6 Å². The van der Waals surface area contributed by atoms with Crippen LogP contribution in [0.25, 0.3) is 6.08 Å². The molecule has 0 bridgehead atoms. The second-order valence-electron chi connectivity index (χ2n) is 5.72. The summed E-state index contributed by atoms with van der Waals surface area (Å²) in [7, 11) is 0. The second kappa shape index (κ2) is 7.71. The number of nitrogens with one attached hydrogen (secondary N) is 1. The predicted octanol–water partition coefficient (Wildman–Crippen LogP) is 2.79. The highest BCUT2D eigenvalue weighted by molar-refractivity contribution is 6.01. The normalized spacial score (nSPS) is 15.4. The van der Waals surface area contributed by atoms with E-state index in [0.29, 0.717) is 17.3 Å². The second-order valence-corrected chi connectivity index (χ2v) is 5.72. The molecular formula is C17H18N4O4. The van der Waals surface area contributed by atoms with Crippen LogP contribution in [0.2, 0.25) is 0 Å². The molecule has 1 amide bonds. The van der Waals surface area contributed by atoms with Crippen molar-refractivity contribution in [3.8, 4) is 0 Å². The van der Waals surface area contributed by atoms with E-state index in [4.69, 9.17) is 4.74 Å². The summed E-state index contributed by atoms with van der Waals surface area (Å²) in [5, 5.41) is 17.7. The molecule has 1 saturated heterocycles. The van der Waals surface area contributed by atoms with Crippen LogP contribution < -0.4 is 5.32 Å². The zero-order valence-electron chi connectivity index (χ0n) is 13.5. The number of carbonyl (C=O) groups is 1. The van der Waals surface area contributed by atoms with Crippen molar-refractivity contribution in [2.45, 2.75) is 18.9 Å². The molecule has 1 N–H and O–H groups in total. The van der Waals surface area contributed by atoms with Crippen LogP contribution in [0.3, 0.4) is 0 Å². The van der Waals surface area contributed by atoms with Gasteiger partial charge in [-0.1, -0.05) is 0 Å². The van der Waals surface area contributed by atoms with E-state index in [0.717, 1.165) is 26.1 Å². The van der Waals surface area contributed by atoms with Crippen molar-refractivity contribution in [1.82, 2.24) is 9.78 Å². The highest BCUT2D eigenvalue weighted by atomic mass is 16.6. The third kappa shape index (κ3) is 4.51. The third-order valence-corrected chi connectivity index (χ3v) is 3.97. The summed E-state index contributed by atoms with van der Waals surface area (Å²) in [6, 6.07) is 6.27. The number of rotatable bonds is 5. The SMILES string of the molecule is O=C(/C=C/c1ccc([N+](=O)[O-])cc1)Nc1cnn(C2CCOCC2)c1. The van der Waals surface area contributed by atoms with Crippen LogP contribution in [-0.4, -0.2) is 33.8 Å². The van der Waals surface area contributed by atoms with E-state index in [2.05, 4.69) is 10.4 Å². The molecule has 25 heavy (non-hydrogen) atoms. The summed E-state index contributed by atoms with van der Waals surface area (Å²) in [5.41, 5.74) is 1.35. The molecule has 1 aliphatic rings. The van der Waals surface area contributed by atoms with Gasteiger partial charge < -0.3 is 10.1 Å². The van der Waals surface area contributed by atoms with E-state index >= 15 is 0 Å². The Morgan fingerprint density at radius 3 is 2.72 bits per heavy atom. The minimum absolute atomic E-state index is 0.0159. The smallest absolute Gasteiger partial charge is 0.269 e. The summed E-state index contributed by atoms with van der Waals surface area (Å²) >= 11 is 0. The molecule has 0 atom stereocenters. The van der Waals surface area contributed by atoms with Crippen molar-refractivity contribution in [2.75, 3.05) is 18.5 Å². The number of aromatic nitrogens is 2. The highest BCUT2D eigenvalue weighted by Gasteiger charge is 2.16. The lowest BCUT2D eigenvalue weighted by atomic mass is 10.1. The van der Waals surface area contributed by atoms with Gasteiger partial charge in [0.2, 0.25) is 5.91 Å². The fourth-order valence-corrected chi connectivity index (χ4v) is 2.61. The Morgan fingerprint density at radius 2 is 2.04 bits per heavy atom. The summed E-state index contributed by atoms with van der Waals surface area (Å²) in [6.45, 7) is 1.45. The van der Waals surface area contributed by atoms with Crippen molar-refractivity contribution >= 4 is 23.4 Å². The molecule has 1 fully saturated rings. The molecule has 0 unspecified atom stereocenters. The molecular weight excluding hydrogens is 324 g/mol. The maximum Gasteiger partial charge on any atom is 0.269 e. The van der Waals surface area contributed by atoms with Crippen molar-refractivity contribution in [1.29, 1.82) is 0 Å². The van der Waals surface area contributed by atoms with E-state index in [1.807, 2.05) is 10.9 Å². The summed E-state index contributed by atoms with van der Waals surface area (Å²) < 4.78 is 7.19. The van der Waals surface area contributed by atoms with Crippen LogP contribution in [0.5, 0.6) is 0 Å². The largest absolute Gasteiger partial charge is 0.381 e. The van der Waals surface area contributed by atoms with Gasteiger partial charge in [-0.15, -0.1) is 0 Å². The first-order chi connectivity index (χ1) is 12.1. The maximum absolute atomic E-state index is 12.0. The molecule has 130 valence electrons. The van der Waals surface area contributed by atoms with Gasteiger partial charge in [-0.2, -0.15) is 5.10 Å². The van der Waals surface area contributed by atoms with Crippen LogP contribution in [0.15, 0.2) is 42.7 Å². The Kier molecular flexibility index (Phi) is 5.20. The van der Waals surface area contributed by atoms with E-state index in [1.54, 1.807) is 24.4 Å². The van der Waals surface area contributed by atoms with E-state index in [1.165, 1.54) is 18.2 Å². The number of ether oxygens (including phenoxy) is 1. The lowest BCUT2D eigenvalue weighted by molar-refractivity contribution is -0.384. The molecule has 0 radical (unpaired) electrons. The Balaban J connectivity index is 1.56. The first kappa shape index (κ1) is 16.8. The van der Waals surface area contributed by atoms with Gasteiger partial charge in [-0.05, 0) is 36.6 Å². The monoisotopic (exact) mass is 342 g/mol. The average molecular weight is 342 g/mol. The van der Waals surface area contributed by atoms with Gasteiger partial charge in [0.1, 0.15) is 0 Å². The summed E-state index contributed by atoms with van der Waals surface area (Å²) in [5.74, 6) is -0.287. The van der Waals surface area contributed by atoms with E-state index < -0.39 is 4.92 Å². The topological polar surface area (TPSA) is 99.3 Å². The third-order valence-electron chi connectivity index (χ3n) is 3.97. The quantitative estimate of drug-likeness (QED) is 0.512. The highest BCUT2D eigenvalue weighted by Crippen LogP contribution is 2.21. The summed E-state index contributed by atoms with van der Waals surface area (Å²) in [6.07, 6.45) is 8.24. The molecule has 3 rings (SSSR count). The van der Waals surface area contributed by atoms with Gasteiger partial charge >= 0.3 is 0 Å². The minimum atomic E-state index is -0.462. The van der Waals surface area contributed by atoms with E-state index in [9.17, 15) is 14.9 Å². The van der Waals surface area contributed by atoms with Gasteiger partial charge in [0.25, 0.3) is 5.69 Å². The lowest BCUT2D eigenvalue weighted by Crippen LogP contribution is -2.19. The number of nitro groups is 1. The number of nitro benzene ring substituents is 1. The van der Waals surface area contributed by atoms with Crippen molar-refractivity contribution < 1.29 is 14.5 Å². The fourth-order valence-electron chi connectivity index (χ4n) is 2.61. The molecule has 2 heterocycles. The van der Waals surface area contributed by atoms with Crippen molar-refractivity contribution in [3.63, 3.8) is 0 Å². The zero-order chi connectivity index (χ0) is 17.6. The number of benzene rings is 1. The number of amides is 1. The molecule has 8 nitrogen and oxygen atoms in total. The Labute approximate surface area is 144 Å². The van der Waals surface area contributed by atoms with Crippen molar-refractivity contribution in [2.24, 2.45) is 0 Å². The standard InChI is InChI=1S/C17H18N4O4/c22-17(6-3-13-1-4-16(5-2-13)21(23)24)19-14-11-18-20(12-14)15-7-9-25-10-8-15/h1-6,11-12,15H,7-10H2,(H,19,22)/b6-3+. The number of hydrogen-bond donors (Lipinski definition) is 1. The zero-order valence-corrected chi connectivity index (χ0v) is 13.5. The van der Waals surface area contributed by atoms with Gasteiger partial charge in [0.15, 0.2) is 0 Å². The minimum Gasteiger partial charge on any atom is -0.381 e. The van der Waals surface area contributed by atoms with Gasteiger partial charge in [0.05, 0.1) is 22.8 Å². The molecule has 8 heteroatoms. The van der Waals surface area contributed by atoms with E-state index in [-0.39, 0.29) is 11.6 Å². The first-order valence-electron chi connectivity index (χ1n) is 7.97. The molecule has 1 aliphatic heterocycles. The predicted molar refractivity (Wildman–Crippen MR) is 92.1 cm³/mol.